The van der Waals surface area contributed by atoms with Gasteiger partial charge in [0.25, 0.3) is 0 Å². The highest BCUT2D eigenvalue weighted by molar-refractivity contribution is 9.10. The number of ether oxygens (including phenoxy) is 1. The molecule has 2 aromatic carbocycles. The predicted molar refractivity (Wildman–Crippen MR) is 88.4 cm³/mol. The lowest BCUT2D eigenvalue weighted by atomic mass is 10.1. The molecule has 0 saturated carbocycles. The maximum Gasteiger partial charge on any atom is 0.147 e. The molecule has 21 heavy (non-hydrogen) atoms. The van der Waals surface area contributed by atoms with E-state index >= 15 is 0 Å². The SMILES string of the molecule is CCCOc1ccc(C(C)Nc2c(F)cccc2Br)cc1. The molecule has 2 rings (SSSR count). The van der Waals surface area contributed by atoms with Gasteiger partial charge in [-0.25, -0.2) is 4.39 Å². The number of anilines is 1. The minimum Gasteiger partial charge on any atom is -0.494 e. The number of hydrogen-bond donors (Lipinski definition) is 1. The van der Waals surface area contributed by atoms with Crippen LogP contribution in [0.5, 0.6) is 5.75 Å². The number of halogens is 2. The van der Waals surface area contributed by atoms with Crippen molar-refractivity contribution in [3.8, 4) is 5.75 Å². The van der Waals surface area contributed by atoms with E-state index in [1.54, 1.807) is 6.07 Å². The zero-order chi connectivity index (χ0) is 15.2. The smallest absolute Gasteiger partial charge is 0.147 e. The van der Waals surface area contributed by atoms with Gasteiger partial charge in [0.05, 0.1) is 12.3 Å². The Labute approximate surface area is 133 Å². The summed E-state index contributed by atoms with van der Waals surface area (Å²) >= 11 is 3.37. The molecular weight excluding hydrogens is 333 g/mol. The standard InChI is InChI=1S/C17H19BrFNO/c1-3-11-21-14-9-7-13(8-10-14)12(2)20-17-15(18)5-4-6-16(17)19/h4-10,12,20H,3,11H2,1-2H3. The maximum absolute atomic E-state index is 13.8. The lowest BCUT2D eigenvalue weighted by Crippen LogP contribution is -2.08. The van der Waals surface area contributed by atoms with Gasteiger partial charge in [0.15, 0.2) is 0 Å². The van der Waals surface area contributed by atoms with Crippen LogP contribution in [0.4, 0.5) is 10.1 Å². The number of nitrogens with one attached hydrogen (secondary N) is 1. The Balaban J connectivity index is 2.08. The summed E-state index contributed by atoms with van der Waals surface area (Å²) in [6.07, 6.45) is 0.987. The minimum absolute atomic E-state index is 0.00146. The van der Waals surface area contributed by atoms with Crippen LogP contribution in [0.25, 0.3) is 0 Å². The van der Waals surface area contributed by atoms with E-state index in [9.17, 15) is 4.39 Å². The average Bonchev–Trinajstić information content (AvgIpc) is 2.49. The van der Waals surface area contributed by atoms with E-state index in [2.05, 4.69) is 28.2 Å². The topological polar surface area (TPSA) is 21.3 Å². The van der Waals surface area contributed by atoms with Crippen molar-refractivity contribution in [1.82, 2.24) is 0 Å². The van der Waals surface area contributed by atoms with Crippen molar-refractivity contribution in [2.24, 2.45) is 0 Å². The monoisotopic (exact) mass is 351 g/mol. The second-order valence-corrected chi connectivity index (χ2v) is 5.73. The Morgan fingerprint density at radius 2 is 1.90 bits per heavy atom. The Morgan fingerprint density at radius 1 is 1.19 bits per heavy atom. The summed E-state index contributed by atoms with van der Waals surface area (Å²) in [4.78, 5) is 0. The van der Waals surface area contributed by atoms with Gasteiger partial charge in [0, 0.05) is 10.5 Å². The first-order valence-corrected chi connectivity index (χ1v) is 7.84. The first kappa shape index (κ1) is 15.8. The Kier molecular flexibility index (Phi) is 5.62. The molecule has 0 aromatic heterocycles. The maximum atomic E-state index is 13.8. The molecule has 0 radical (unpaired) electrons. The fraction of sp³-hybridized carbons (Fsp3) is 0.294. The fourth-order valence-electron chi connectivity index (χ4n) is 2.01. The zero-order valence-electron chi connectivity index (χ0n) is 12.2. The van der Waals surface area contributed by atoms with E-state index in [0.717, 1.165) is 28.8 Å². The summed E-state index contributed by atoms with van der Waals surface area (Å²) in [5.74, 6) is 0.596. The molecule has 2 aromatic rings. The normalized spacial score (nSPS) is 12.0. The van der Waals surface area contributed by atoms with Gasteiger partial charge in [-0.3, -0.25) is 0 Å². The third kappa shape index (κ3) is 4.21. The van der Waals surface area contributed by atoms with Crippen LogP contribution in [0.3, 0.4) is 0 Å². The summed E-state index contributed by atoms with van der Waals surface area (Å²) in [6.45, 7) is 4.79. The van der Waals surface area contributed by atoms with Crippen LogP contribution in [-0.4, -0.2) is 6.61 Å². The Hall–Kier alpha value is -1.55. The van der Waals surface area contributed by atoms with Gasteiger partial charge in [-0.1, -0.05) is 25.1 Å². The van der Waals surface area contributed by atoms with Crippen molar-refractivity contribution in [3.05, 3.63) is 58.3 Å². The van der Waals surface area contributed by atoms with Gasteiger partial charge in [-0.2, -0.15) is 0 Å². The molecule has 1 N–H and O–H groups in total. The van der Waals surface area contributed by atoms with Crippen molar-refractivity contribution >= 4 is 21.6 Å². The lowest BCUT2D eigenvalue weighted by Gasteiger charge is -2.18. The summed E-state index contributed by atoms with van der Waals surface area (Å²) in [5.41, 5.74) is 1.56. The largest absolute Gasteiger partial charge is 0.494 e. The van der Waals surface area contributed by atoms with E-state index in [1.807, 2.05) is 37.3 Å². The number of para-hydroxylation sites is 1. The molecule has 0 spiro atoms. The second-order valence-electron chi connectivity index (χ2n) is 4.88. The third-order valence-electron chi connectivity index (χ3n) is 3.18. The summed E-state index contributed by atoms with van der Waals surface area (Å²) < 4.78 is 20.1. The van der Waals surface area contributed by atoms with Gasteiger partial charge >= 0.3 is 0 Å². The van der Waals surface area contributed by atoms with Crippen LogP contribution in [0.15, 0.2) is 46.9 Å². The van der Waals surface area contributed by atoms with Gasteiger partial charge in [-0.15, -0.1) is 0 Å². The molecule has 112 valence electrons. The highest BCUT2D eigenvalue weighted by Crippen LogP contribution is 2.29. The Morgan fingerprint density at radius 3 is 2.52 bits per heavy atom. The predicted octanol–water partition coefficient (Wildman–Crippen LogP) is 5.55. The van der Waals surface area contributed by atoms with Crippen molar-refractivity contribution in [2.45, 2.75) is 26.3 Å². The quantitative estimate of drug-likeness (QED) is 0.736. The van der Waals surface area contributed by atoms with Gasteiger partial charge < -0.3 is 10.1 Å². The van der Waals surface area contributed by atoms with Gasteiger partial charge in [0.2, 0.25) is 0 Å². The molecule has 0 bridgehead atoms. The van der Waals surface area contributed by atoms with Gasteiger partial charge in [0.1, 0.15) is 11.6 Å². The van der Waals surface area contributed by atoms with Crippen LogP contribution < -0.4 is 10.1 Å². The minimum atomic E-state index is -0.265. The molecule has 2 nitrogen and oxygen atoms in total. The highest BCUT2D eigenvalue weighted by Gasteiger charge is 2.11. The number of hydrogen-bond acceptors (Lipinski definition) is 2. The molecule has 0 amide bonds. The van der Waals surface area contributed by atoms with Crippen LogP contribution in [0.1, 0.15) is 31.9 Å². The fourth-order valence-corrected chi connectivity index (χ4v) is 2.46. The van der Waals surface area contributed by atoms with E-state index in [0.29, 0.717) is 5.69 Å². The number of benzene rings is 2. The molecule has 0 fully saturated rings. The highest BCUT2D eigenvalue weighted by atomic mass is 79.9. The zero-order valence-corrected chi connectivity index (χ0v) is 13.8. The molecule has 1 atom stereocenters. The first-order chi connectivity index (χ1) is 10.1. The molecule has 0 heterocycles. The van der Waals surface area contributed by atoms with E-state index in [1.165, 1.54) is 6.07 Å². The second kappa shape index (κ2) is 7.46. The molecule has 0 saturated heterocycles. The van der Waals surface area contributed by atoms with E-state index in [-0.39, 0.29) is 11.9 Å². The summed E-state index contributed by atoms with van der Waals surface area (Å²) in [7, 11) is 0. The van der Waals surface area contributed by atoms with Crippen LogP contribution >= 0.6 is 15.9 Å². The lowest BCUT2D eigenvalue weighted by molar-refractivity contribution is 0.317. The molecule has 1 unspecified atom stereocenters. The van der Waals surface area contributed by atoms with E-state index < -0.39 is 0 Å². The van der Waals surface area contributed by atoms with Crippen molar-refractivity contribution in [3.63, 3.8) is 0 Å². The van der Waals surface area contributed by atoms with Crippen LogP contribution in [-0.2, 0) is 0 Å². The van der Waals surface area contributed by atoms with Crippen molar-refractivity contribution in [1.29, 1.82) is 0 Å². The summed E-state index contributed by atoms with van der Waals surface area (Å²) in [6, 6.07) is 12.8. The first-order valence-electron chi connectivity index (χ1n) is 7.05. The molecule has 0 aliphatic rings. The average molecular weight is 352 g/mol. The van der Waals surface area contributed by atoms with E-state index in [4.69, 9.17) is 4.74 Å². The molecule has 4 heteroatoms. The number of rotatable bonds is 6. The van der Waals surface area contributed by atoms with Gasteiger partial charge in [-0.05, 0) is 59.1 Å². The Bertz CT molecular complexity index is 566. The van der Waals surface area contributed by atoms with Crippen molar-refractivity contribution < 1.29 is 9.13 Å². The third-order valence-corrected chi connectivity index (χ3v) is 3.84. The van der Waals surface area contributed by atoms with Crippen LogP contribution in [0.2, 0.25) is 0 Å². The summed E-state index contributed by atoms with van der Waals surface area (Å²) in [5, 5.41) is 3.19. The molecule has 0 aliphatic carbocycles. The molecular formula is C17H19BrFNO. The van der Waals surface area contributed by atoms with Crippen LogP contribution in [0, 0.1) is 5.82 Å². The van der Waals surface area contributed by atoms with Crippen molar-refractivity contribution in [2.75, 3.05) is 11.9 Å². The molecule has 0 aliphatic heterocycles.